The highest BCUT2D eigenvalue weighted by Gasteiger charge is 2.30. The van der Waals surface area contributed by atoms with Crippen molar-refractivity contribution in [1.29, 1.82) is 0 Å². The van der Waals surface area contributed by atoms with Crippen molar-refractivity contribution in [3.05, 3.63) is 63.6 Å². The summed E-state index contributed by atoms with van der Waals surface area (Å²) >= 11 is 0. The second kappa shape index (κ2) is 5.20. The summed E-state index contributed by atoms with van der Waals surface area (Å²) in [6.45, 7) is 2.86. The van der Waals surface area contributed by atoms with Gasteiger partial charge in [0.2, 0.25) is 0 Å². The number of halogens is 3. The van der Waals surface area contributed by atoms with E-state index in [9.17, 15) is 22.8 Å². The van der Waals surface area contributed by atoms with Crippen molar-refractivity contribution >= 4 is 5.78 Å². The third-order valence-electron chi connectivity index (χ3n) is 3.15. The normalized spacial score (nSPS) is 11.5. The van der Waals surface area contributed by atoms with E-state index in [2.05, 4.69) is 0 Å². The highest BCUT2D eigenvalue weighted by molar-refractivity contribution is 5.95. The summed E-state index contributed by atoms with van der Waals surface area (Å²) in [5.74, 6) is -0.256. The zero-order valence-corrected chi connectivity index (χ0v) is 11.4. The number of pyridine rings is 1. The first-order chi connectivity index (χ1) is 9.71. The molecule has 0 unspecified atom stereocenters. The quantitative estimate of drug-likeness (QED) is 0.797. The Balaban J connectivity index is 2.71. The summed E-state index contributed by atoms with van der Waals surface area (Å²) < 4.78 is 39.4. The second-order valence-electron chi connectivity index (χ2n) is 4.61. The van der Waals surface area contributed by atoms with Crippen LogP contribution in [0.25, 0.3) is 5.69 Å². The molecule has 0 aliphatic carbocycles. The lowest BCUT2D eigenvalue weighted by Gasteiger charge is -2.14. The van der Waals surface area contributed by atoms with E-state index in [1.165, 1.54) is 38.1 Å². The fourth-order valence-corrected chi connectivity index (χ4v) is 2.15. The summed E-state index contributed by atoms with van der Waals surface area (Å²) in [5.41, 5.74) is -0.645. The molecule has 0 N–H and O–H groups in total. The predicted octanol–water partition coefficient (Wildman–Crippen LogP) is 3.37. The molecule has 0 spiro atoms. The van der Waals surface area contributed by atoms with Crippen LogP contribution in [0.5, 0.6) is 0 Å². The molecule has 0 radical (unpaired) electrons. The number of ketones is 1. The minimum atomic E-state index is -4.49. The van der Waals surface area contributed by atoms with Gasteiger partial charge >= 0.3 is 6.18 Å². The van der Waals surface area contributed by atoms with Gasteiger partial charge in [0, 0.05) is 23.0 Å². The van der Waals surface area contributed by atoms with Gasteiger partial charge in [0.05, 0.1) is 5.56 Å². The number of nitrogens with zero attached hydrogens (tertiary/aromatic N) is 1. The maximum absolute atomic E-state index is 12.8. The monoisotopic (exact) mass is 295 g/mol. The average molecular weight is 295 g/mol. The van der Waals surface area contributed by atoms with E-state index in [0.29, 0.717) is 11.3 Å². The minimum absolute atomic E-state index is 0.0791. The van der Waals surface area contributed by atoms with E-state index < -0.39 is 17.3 Å². The van der Waals surface area contributed by atoms with E-state index in [-0.39, 0.29) is 11.5 Å². The Bertz CT molecular complexity index is 760. The molecule has 1 aromatic carbocycles. The first-order valence-corrected chi connectivity index (χ1v) is 6.13. The summed E-state index contributed by atoms with van der Waals surface area (Å²) in [7, 11) is 0. The van der Waals surface area contributed by atoms with E-state index in [1.807, 2.05) is 0 Å². The van der Waals surface area contributed by atoms with Gasteiger partial charge in [-0.25, -0.2) is 0 Å². The SMILES string of the molecule is CC(=O)c1ccc(=O)n(-c2cccc(C(F)(F)F)c2)c1C. The highest BCUT2D eigenvalue weighted by atomic mass is 19.4. The van der Waals surface area contributed by atoms with Crippen LogP contribution in [0.4, 0.5) is 13.2 Å². The highest BCUT2D eigenvalue weighted by Crippen LogP contribution is 2.30. The molecule has 0 saturated carbocycles. The molecule has 0 saturated heterocycles. The van der Waals surface area contributed by atoms with Gasteiger partial charge in [0.1, 0.15) is 0 Å². The zero-order valence-electron chi connectivity index (χ0n) is 11.4. The van der Waals surface area contributed by atoms with Crippen LogP contribution in [-0.2, 0) is 6.18 Å². The van der Waals surface area contributed by atoms with Gasteiger partial charge in [-0.1, -0.05) is 6.07 Å². The Morgan fingerprint density at radius 1 is 1.14 bits per heavy atom. The van der Waals surface area contributed by atoms with Crippen molar-refractivity contribution in [1.82, 2.24) is 4.57 Å². The maximum Gasteiger partial charge on any atom is 0.416 e. The molecule has 2 aromatic rings. The van der Waals surface area contributed by atoms with Crippen molar-refractivity contribution in [2.75, 3.05) is 0 Å². The molecule has 1 heterocycles. The number of hydrogen-bond donors (Lipinski definition) is 0. The van der Waals surface area contributed by atoms with Crippen LogP contribution < -0.4 is 5.56 Å². The average Bonchev–Trinajstić information content (AvgIpc) is 2.37. The Kier molecular flexibility index (Phi) is 3.72. The maximum atomic E-state index is 12.8. The summed E-state index contributed by atoms with van der Waals surface area (Å²) in [4.78, 5) is 23.4. The van der Waals surface area contributed by atoms with Crippen LogP contribution >= 0.6 is 0 Å². The fourth-order valence-electron chi connectivity index (χ4n) is 2.15. The molecular weight excluding hydrogens is 283 g/mol. The van der Waals surface area contributed by atoms with Crippen molar-refractivity contribution in [2.45, 2.75) is 20.0 Å². The molecule has 0 amide bonds. The summed E-state index contributed by atoms with van der Waals surface area (Å²) in [6.07, 6.45) is -4.49. The molecular formula is C15H12F3NO2. The predicted molar refractivity (Wildman–Crippen MR) is 71.8 cm³/mol. The topological polar surface area (TPSA) is 39.1 Å². The summed E-state index contributed by atoms with van der Waals surface area (Å²) in [5, 5.41) is 0. The number of carbonyl (C=O) groups is 1. The van der Waals surface area contributed by atoms with E-state index in [4.69, 9.17) is 0 Å². The van der Waals surface area contributed by atoms with Gasteiger partial charge in [-0.05, 0) is 38.1 Å². The smallest absolute Gasteiger partial charge is 0.294 e. The van der Waals surface area contributed by atoms with Crippen molar-refractivity contribution in [2.24, 2.45) is 0 Å². The summed E-state index contributed by atoms with van der Waals surface area (Å²) in [6, 6.07) is 6.99. The lowest BCUT2D eigenvalue weighted by molar-refractivity contribution is -0.137. The first kappa shape index (κ1) is 15.0. The van der Waals surface area contributed by atoms with Crippen LogP contribution in [0.15, 0.2) is 41.2 Å². The lowest BCUT2D eigenvalue weighted by atomic mass is 10.1. The van der Waals surface area contributed by atoms with Gasteiger partial charge in [-0.15, -0.1) is 0 Å². The fraction of sp³-hybridized carbons (Fsp3) is 0.200. The van der Waals surface area contributed by atoms with Gasteiger partial charge in [-0.3, -0.25) is 14.2 Å². The molecule has 0 fully saturated rings. The Morgan fingerprint density at radius 2 is 1.81 bits per heavy atom. The Labute approximate surface area is 118 Å². The number of alkyl halides is 3. The van der Waals surface area contributed by atoms with Gasteiger partial charge in [0.25, 0.3) is 5.56 Å². The molecule has 3 nitrogen and oxygen atoms in total. The van der Waals surface area contributed by atoms with E-state index in [0.717, 1.165) is 16.7 Å². The minimum Gasteiger partial charge on any atom is -0.294 e. The third-order valence-corrected chi connectivity index (χ3v) is 3.15. The largest absolute Gasteiger partial charge is 0.416 e. The Hall–Kier alpha value is -2.37. The van der Waals surface area contributed by atoms with Crippen molar-refractivity contribution < 1.29 is 18.0 Å². The first-order valence-electron chi connectivity index (χ1n) is 6.13. The van der Waals surface area contributed by atoms with Gasteiger partial charge < -0.3 is 0 Å². The number of benzene rings is 1. The van der Waals surface area contributed by atoms with Crippen molar-refractivity contribution in [3.8, 4) is 5.69 Å². The zero-order chi connectivity index (χ0) is 15.8. The number of rotatable bonds is 2. The number of aromatic nitrogens is 1. The molecule has 110 valence electrons. The van der Waals surface area contributed by atoms with Gasteiger partial charge in [-0.2, -0.15) is 13.2 Å². The second-order valence-corrected chi connectivity index (χ2v) is 4.61. The number of hydrogen-bond acceptors (Lipinski definition) is 2. The van der Waals surface area contributed by atoms with Crippen molar-refractivity contribution in [3.63, 3.8) is 0 Å². The number of Topliss-reactive ketones (excluding diaryl/α,β-unsaturated/α-hetero) is 1. The lowest BCUT2D eigenvalue weighted by Crippen LogP contribution is -2.22. The standard InChI is InChI=1S/C15H12F3NO2/c1-9-13(10(2)20)6-7-14(21)19(9)12-5-3-4-11(8-12)15(16,17)18/h3-8H,1-2H3. The molecule has 21 heavy (non-hydrogen) atoms. The molecule has 0 aliphatic heterocycles. The van der Waals surface area contributed by atoms with Gasteiger partial charge in [0.15, 0.2) is 5.78 Å². The molecule has 6 heteroatoms. The number of carbonyl (C=O) groups excluding carboxylic acids is 1. The Morgan fingerprint density at radius 3 is 2.38 bits per heavy atom. The molecule has 0 bridgehead atoms. The third kappa shape index (κ3) is 2.89. The van der Waals surface area contributed by atoms with E-state index >= 15 is 0 Å². The van der Waals surface area contributed by atoms with E-state index in [1.54, 1.807) is 0 Å². The molecule has 2 rings (SSSR count). The molecule has 1 aromatic heterocycles. The molecule has 0 aliphatic rings. The van der Waals surface area contributed by atoms with Crippen LogP contribution in [0.1, 0.15) is 28.5 Å². The van der Waals surface area contributed by atoms with Crippen LogP contribution in [0.2, 0.25) is 0 Å². The van der Waals surface area contributed by atoms with Crippen LogP contribution in [0.3, 0.4) is 0 Å². The van der Waals surface area contributed by atoms with Crippen LogP contribution in [0, 0.1) is 6.92 Å². The van der Waals surface area contributed by atoms with Crippen LogP contribution in [-0.4, -0.2) is 10.4 Å². The molecule has 0 atom stereocenters.